The molecule has 1 aromatic carbocycles. The molecule has 2 aromatic heterocycles. The second kappa shape index (κ2) is 8.85. The number of aromatic nitrogens is 2. The van der Waals surface area contributed by atoms with Gasteiger partial charge in [0.05, 0.1) is 32.9 Å². The normalized spacial score (nSPS) is 15.2. The predicted molar refractivity (Wildman–Crippen MR) is 131 cm³/mol. The highest BCUT2D eigenvalue weighted by Crippen LogP contribution is 2.29. The van der Waals surface area contributed by atoms with Crippen molar-refractivity contribution >= 4 is 38.7 Å². The van der Waals surface area contributed by atoms with Crippen LogP contribution in [0, 0.1) is 18.2 Å². The third kappa shape index (κ3) is 4.90. The highest BCUT2D eigenvalue weighted by molar-refractivity contribution is 7.91. The van der Waals surface area contributed by atoms with Crippen LogP contribution in [0.4, 0.5) is 10.2 Å². The zero-order valence-electron chi connectivity index (χ0n) is 19.7. The van der Waals surface area contributed by atoms with E-state index in [4.69, 9.17) is 11.6 Å². The molecule has 34 heavy (non-hydrogen) atoms. The number of halogens is 2. The summed E-state index contributed by atoms with van der Waals surface area (Å²) in [5.74, 6) is 0.763. The average molecular weight is 507 g/mol. The van der Waals surface area contributed by atoms with Crippen LogP contribution in [0.1, 0.15) is 37.0 Å². The topological polar surface area (TPSA) is 75.0 Å². The Bertz CT molecular complexity index is 1360. The second-order valence-corrected chi connectivity index (χ2v) is 12.2. The molecule has 10 heteroatoms. The van der Waals surface area contributed by atoms with E-state index in [0.717, 1.165) is 17.7 Å². The van der Waals surface area contributed by atoms with Crippen molar-refractivity contribution in [2.75, 3.05) is 36.8 Å². The van der Waals surface area contributed by atoms with Crippen LogP contribution in [0.2, 0.25) is 5.02 Å². The van der Waals surface area contributed by atoms with Gasteiger partial charge in [0.2, 0.25) is 0 Å². The van der Waals surface area contributed by atoms with E-state index in [1.54, 1.807) is 23.2 Å². The van der Waals surface area contributed by atoms with Crippen LogP contribution in [0.15, 0.2) is 41.4 Å². The Morgan fingerprint density at radius 1 is 1.12 bits per heavy atom. The summed E-state index contributed by atoms with van der Waals surface area (Å²) in [6.07, 6.45) is 1.67. The van der Waals surface area contributed by atoms with E-state index in [9.17, 15) is 17.6 Å². The summed E-state index contributed by atoms with van der Waals surface area (Å²) < 4.78 is 41.6. The molecule has 0 N–H and O–H groups in total. The highest BCUT2D eigenvalue weighted by atomic mass is 35.5. The Morgan fingerprint density at radius 2 is 1.79 bits per heavy atom. The van der Waals surface area contributed by atoms with Crippen LogP contribution in [0.5, 0.6) is 0 Å². The van der Waals surface area contributed by atoms with Gasteiger partial charge in [-0.2, -0.15) is 0 Å². The summed E-state index contributed by atoms with van der Waals surface area (Å²) >= 11 is 6.08. The summed E-state index contributed by atoms with van der Waals surface area (Å²) in [4.78, 5) is 21.3. The minimum Gasteiger partial charge on any atom is -0.354 e. The Morgan fingerprint density at radius 3 is 2.41 bits per heavy atom. The summed E-state index contributed by atoms with van der Waals surface area (Å²) in [5.41, 5.74) is 0.591. The summed E-state index contributed by atoms with van der Waals surface area (Å²) in [6.45, 7) is 9.40. The molecule has 0 bridgehead atoms. The van der Waals surface area contributed by atoms with Gasteiger partial charge in [-0.25, -0.2) is 17.8 Å². The summed E-state index contributed by atoms with van der Waals surface area (Å²) in [7, 11) is -3.51. The van der Waals surface area contributed by atoms with Gasteiger partial charge in [-0.3, -0.25) is 9.20 Å². The molecular formula is C24H28ClFN4O3S. The molecule has 4 rings (SSSR count). The van der Waals surface area contributed by atoms with Gasteiger partial charge >= 0.3 is 0 Å². The molecule has 3 aromatic rings. The number of sulfone groups is 1. The molecule has 7 nitrogen and oxygen atoms in total. The standard InChI is InChI=1S/C24H28ClFN4O3S/c1-16-27-14-18-12-19(34(32,33)15-24(2,3)4)13-22(30(16)18)28-7-9-29(10-8-28)23(31)20-6-5-17(26)11-21(20)25/h5-6,11-14H,7-10,15H2,1-4H3. The number of imidazole rings is 1. The molecule has 182 valence electrons. The Labute approximate surface area is 204 Å². The van der Waals surface area contributed by atoms with Crippen LogP contribution in [-0.2, 0) is 9.84 Å². The van der Waals surface area contributed by atoms with Gasteiger partial charge in [0.1, 0.15) is 17.5 Å². The molecule has 0 atom stereocenters. The quantitative estimate of drug-likeness (QED) is 0.529. The monoisotopic (exact) mass is 506 g/mol. The number of pyridine rings is 1. The van der Waals surface area contributed by atoms with Crippen LogP contribution >= 0.6 is 11.6 Å². The number of piperazine rings is 1. The zero-order chi connectivity index (χ0) is 24.8. The summed E-state index contributed by atoms with van der Waals surface area (Å²) in [5, 5.41) is 0.0833. The smallest absolute Gasteiger partial charge is 0.255 e. The number of nitrogens with zero attached hydrogens (tertiary/aromatic N) is 4. The van der Waals surface area contributed by atoms with Gasteiger partial charge in [0, 0.05) is 26.2 Å². The number of carbonyl (C=O) groups excluding carboxylic acids is 1. The molecule has 0 spiro atoms. The van der Waals surface area contributed by atoms with Crippen molar-refractivity contribution in [1.82, 2.24) is 14.3 Å². The van der Waals surface area contributed by atoms with Crippen molar-refractivity contribution in [3.8, 4) is 0 Å². The summed E-state index contributed by atoms with van der Waals surface area (Å²) in [6, 6.07) is 7.12. The van der Waals surface area contributed by atoms with Crippen molar-refractivity contribution in [3.63, 3.8) is 0 Å². The molecule has 1 aliphatic rings. The fourth-order valence-corrected chi connectivity index (χ4v) is 6.42. The highest BCUT2D eigenvalue weighted by Gasteiger charge is 2.28. The molecule has 1 amide bonds. The second-order valence-electron chi connectivity index (χ2n) is 9.84. The lowest BCUT2D eigenvalue weighted by atomic mass is 10.0. The third-order valence-electron chi connectivity index (χ3n) is 5.79. The van der Waals surface area contributed by atoms with Crippen LogP contribution in [-0.4, -0.2) is 60.5 Å². The number of hydrogen-bond acceptors (Lipinski definition) is 5. The molecule has 0 radical (unpaired) electrons. The number of rotatable bonds is 4. The number of aryl methyl sites for hydroxylation is 1. The maximum Gasteiger partial charge on any atom is 0.255 e. The van der Waals surface area contributed by atoms with Crippen molar-refractivity contribution in [1.29, 1.82) is 0 Å². The average Bonchev–Trinajstić information content (AvgIpc) is 3.12. The van der Waals surface area contributed by atoms with Gasteiger partial charge in [-0.15, -0.1) is 0 Å². The fourth-order valence-electron chi connectivity index (χ4n) is 4.28. The lowest BCUT2D eigenvalue weighted by Crippen LogP contribution is -2.49. The molecule has 1 saturated heterocycles. The van der Waals surface area contributed by atoms with Crippen LogP contribution < -0.4 is 4.90 Å². The van der Waals surface area contributed by atoms with Gasteiger partial charge in [0.15, 0.2) is 9.84 Å². The minimum absolute atomic E-state index is 0.0312. The minimum atomic E-state index is -3.51. The molecule has 1 fully saturated rings. The van der Waals surface area contributed by atoms with Gasteiger partial charge in [0.25, 0.3) is 5.91 Å². The molecular weight excluding hydrogens is 479 g/mol. The number of anilines is 1. The van der Waals surface area contributed by atoms with Gasteiger partial charge < -0.3 is 9.80 Å². The van der Waals surface area contributed by atoms with Gasteiger partial charge in [-0.05, 0) is 42.7 Å². The van der Waals surface area contributed by atoms with Crippen molar-refractivity contribution in [3.05, 3.63) is 58.8 Å². The molecule has 0 saturated carbocycles. The van der Waals surface area contributed by atoms with Crippen LogP contribution in [0.3, 0.4) is 0 Å². The molecule has 0 aliphatic carbocycles. The predicted octanol–water partition coefficient (Wildman–Crippen LogP) is 4.22. The number of amides is 1. The number of hydrogen-bond donors (Lipinski definition) is 0. The lowest BCUT2D eigenvalue weighted by molar-refractivity contribution is 0.0746. The van der Waals surface area contributed by atoms with E-state index in [0.29, 0.717) is 31.7 Å². The van der Waals surface area contributed by atoms with E-state index < -0.39 is 15.7 Å². The maximum atomic E-state index is 13.4. The van der Waals surface area contributed by atoms with Crippen molar-refractivity contribution in [2.24, 2.45) is 5.41 Å². The Hall–Kier alpha value is -2.65. The maximum absolute atomic E-state index is 13.4. The van der Waals surface area contributed by atoms with E-state index in [-0.39, 0.29) is 32.6 Å². The first kappa shape index (κ1) is 24.5. The number of carbonyl (C=O) groups is 1. The first-order valence-electron chi connectivity index (χ1n) is 11.1. The zero-order valence-corrected chi connectivity index (χ0v) is 21.2. The van der Waals surface area contributed by atoms with E-state index in [2.05, 4.69) is 9.88 Å². The lowest BCUT2D eigenvalue weighted by Gasteiger charge is -2.36. The van der Waals surface area contributed by atoms with E-state index >= 15 is 0 Å². The van der Waals surface area contributed by atoms with E-state index in [1.807, 2.05) is 32.1 Å². The third-order valence-corrected chi connectivity index (χ3v) is 8.30. The van der Waals surface area contributed by atoms with Crippen molar-refractivity contribution < 1.29 is 17.6 Å². The van der Waals surface area contributed by atoms with Crippen molar-refractivity contribution in [2.45, 2.75) is 32.6 Å². The molecule has 0 unspecified atom stereocenters. The largest absolute Gasteiger partial charge is 0.354 e. The number of fused-ring (bicyclic) bond motifs is 1. The Kier molecular flexibility index (Phi) is 6.37. The Balaban J connectivity index is 1.62. The molecule has 1 aliphatic heterocycles. The number of benzene rings is 1. The first-order chi connectivity index (χ1) is 15.9. The fraction of sp³-hybridized carbons (Fsp3) is 0.417. The first-order valence-corrected chi connectivity index (χ1v) is 13.1. The molecule has 3 heterocycles. The SMILES string of the molecule is Cc1ncc2cc(S(=O)(=O)CC(C)(C)C)cc(N3CCN(C(=O)c4ccc(F)cc4Cl)CC3)n12. The van der Waals surface area contributed by atoms with E-state index in [1.165, 1.54) is 12.1 Å². The van der Waals surface area contributed by atoms with Gasteiger partial charge in [-0.1, -0.05) is 32.4 Å². The van der Waals surface area contributed by atoms with Crippen LogP contribution in [0.25, 0.3) is 5.52 Å².